The van der Waals surface area contributed by atoms with Gasteiger partial charge in [-0.2, -0.15) is 0 Å². The number of methoxy groups -OCH3 is 2. The molecule has 0 spiro atoms. The molecule has 0 bridgehead atoms. The van der Waals surface area contributed by atoms with E-state index in [-0.39, 0.29) is 11.2 Å². The van der Waals surface area contributed by atoms with Crippen LogP contribution in [0.5, 0.6) is 11.5 Å². The third kappa shape index (κ3) is 3.64. The number of ether oxygens (including phenoxy) is 2. The number of hydrogen-bond donors (Lipinski definition) is 0. The van der Waals surface area contributed by atoms with Crippen LogP contribution in [0.1, 0.15) is 5.56 Å². The van der Waals surface area contributed by atoms with Gasteiger partial charge in [-0.3, -0.25) is 19.5 Å². The molecule has 0 amide bonds. The number of rotatable bonds is 5. The van der Waals surface area contributed by atoms with Crippen molar-refractivity contribution in [1.82, 2.24) is 4.57 Å². The van der Waals surface area contributed by atoms with Crippen LogP contribution in [0.15, 0.2) is 52.3 Å². The quantitative estimate of drug-likeness (QED) is 0.455. The fraction of sp³-hybridized carbons (Fsp3) is 0.200. The first-order chi connectivity index (χ1) is 14.5. The van der Waals surface area contributed by atoms with Crippen LogP contribution in [0.4, 0.5) is 11.4 Å². The zero-order valence-electron chi connectivity index (χ0n) is 16.3. The fourth-order valence-corrected chi connectivity index (χ4v) is 4.12. The first kappa shape index (κ1) is 19.6. The SMILES string of the molecule is COc1ccc(C=c2sc3n(c2=O)CN(c2ccc([N+](=O)[O-])cc2)CN=3)cc1OC. The van der Waals surface area contributed by atoms with Gasteiger partial charge in [0.1, 0.15) is 13.3 Å². The lowest BCUT2D eigenvalue weighted by Gasteiger charge is -2.25. The van der Waals surface area contributed by atoms with Crippen molar-refractivity contribution in [1.29, 1.82) is 0 Å². The zero-order chi connectivity index (χ0) is 21.3. The Bertz CT molecular complexity index is 1280. The van der Waals surface area contributed by atoms with Crippen LogP contribution in [0.3, 0.4) is 0 Å². The summed E-state index contributed by atoms with van der Waals surface area (Å²) in [6.07, 6.45) is 1.80. The minimum absolute atomic E-state index is 0.0212. The third-order valence-corrected chi connectivity index (χ3v) is 5.75. The lowest BCUT2D eigenvalue weighted by atomic mass is 10.2. The van der Waals surface area contributed by atoms with Gasteiger partial charge in [0.05, 0.1) is 23.7 Å². The van der Waals surface area contributed by atoms with E-state index in [0.29, 0.717) is 34.2 Å². The molecule has 0 N–H and O–H groups in total. The highest BCUT2D eigenvalue weighted by atomic mass is 32.1. The average molecular weight is 426 g/mol. The van der Waals surface area contributed by atoms with Gasteiger partial charge in [0, 0.05) is 17.8 Å². The van der Waals surface area contributed by atoms with Crippen LogP contribution >= 0.6 is 11.3 Å². The first-order valence-corrected chi connectivity index (χ1v) is 9.79. The number of benzene rings is 2. The largest absolute Gasteiger partial charge is 0.493 e. The predicted octanol–water partition coefficient (Wildman–Crippen LogP) is 1.72. The Morgan fingerprint density at radius 2 is 1.87 bits per heavy atom. The number of aromatic nitrogens is 1. The molecule has 0 saturated heterocycles. The summed E-state index contributed by atoms with van der Waals surface area (Å²) in [5.41, 5.74) is 1.46. The van der Waals surface area contributed by atoms with E-state index in [9.17, 15) is 14.9 Å². The molecule has 4 rings (SSSR count). The van der Waals surface area contributed by atoms with Gasteiger partial charge in [-0.25, -0.2) is 4.99 Å². The van der Waals surface area contributed by atoms with Gasteiger partial charge in [0.25, 0.3) is 11.2 Å². The topological polar surface area (TPSA) is 99.2 Å². The second-order valence-electron chi connectivity index (χ2n) is 6.50. The van der Waals surface area contributed by atoms with Crippen LogP contribution in [0.2, 0.25) is 0 Å². The van der Waals surface area contributed by atoms with Crippen LogP contribution < -0.4 is 29.3 Å². The number of fused-ring (bicyclic) bond motifs is 1. The minimum Gasteiger partial charge on any atom is -0.493 e. The zero-order valence-corrected chi connectivity index (χ0v) is 17.1. The van der Waals surface area contributed by atoms with Crippen LogP contribution in [-0.4, -0.2) is 30.4 Å². The van der Waals surface area contributed by atoms with Crippen molar-refractivity contribution in [3.8, 4) is 11.5 Å². The van der Waals surface area contributed by atoms with Gasteiger partial charge in [0.2, 0.25) is 0 Å². The summed E-state index contributed by atoms with van der Waals surface area (Å²) in [4.78, 5) is 30.3. The van der Waals surface area contributed by atoms with Crippen molar-refractivity contribution in [2.75, 3.05) is 25.8 Å². The highest BCUT2D eigenvalue weighted by Gasteiger charge is 2.17. The maximum absolute atomic E-state index is 12.9. The molecule has 0 fully saturated rings. The maximum Gasteiger partial charge on any atom is 0.271 e. The third-order valence-electron chi connectivity index (χ3n) is 4.71. The van der Waals surface area contributed by atoms with E-state index in [2.05, 4.69) is 4.99 Å². The number of anilines is 1. The number of nitrogens with zero attached hydrogens (tertiary/aromatic N) is 4. The molecule has 30 heavy (non-hydrogen) atoms. The molecule has 3 aromatic rings. The summed E-state index contributed by atoms with van der Waals surface area (Å²) in [6.45, 7) is 0.694. The molecule has 2 heterocycles. The molecule has 1 aromatic heterocycles. The average Bonchev–Trinajstić information content (AvgIpc) is 3.08. The molecule has 0 radical (unpaired) electrons. The second kappa shape index (κ2) is 7.99. The molecule has 10 heteroatoms. The molecule has 0 atom stereocenters. The summed E-state index contributed by atoms with van der Waals surface area (Å²) in [5, 5.41) is 10.8. The van der Waals surface area contributed by atoms with Gasteiger partial charge >= 0.3 is 0 Å². The number of hydrogen-bond acceptors (Lipinski definition) is 8. The van der Waals surface area contributed by atoms with Crippen molar-refractivity contribution >= 4 is 28.8 Å². The van der Waals surface area contributed by atoms with Crippen molar-refractivity contribution in [2.45, 2.75) is 6.67 Å². The molecule has 154 valence electrons. The van der Waals surface area contributed by atoms with Crippen LogP contribution in [0.25, 0.3) is 6.08 Å². The summed E-state index contributed by atoms with van der Waals surface area (Å²) in [7, 11) is 3.13. The van der Waals surface area contributed by atoms with Gasteiger partial charge < -0.3 is 14.4 Å². The summed E-state index contributed by atoms with van der Waals surface area (Å²) in [5.74, 6) is 1.20. The number of nitro groups is 1. The molecular formula is C20H18N4O5S. The molecule has 2 aromatic carbocycles. The molecule has 1 aliphatic heterocycles. The Morgan fingerprint density at radius 3 is 2.53 bits per heavy atom. The van der Waals surface area contributed by atoms with E-state index in [1.165, 1.54) is 23.5 Å². The Labute approximate surface area is 174 Å². The Balaban J connectivity index is 1.65. The number of thiazole rings is 1. The van der Waals surface area contributed by atoms with E-state index < -0.39 is 4.92 Å². The van der Waals surface area contributed by atoms with Crippen LogP contribution in [0, 0.1) is 10.1 Å². The van der Waals surface area contributed by atoms with E-state index in [1.54, 1.807) is 43.1 Å². The van der Waals surface area contributed by atoms with Gasteiger partial charge in [-0.05, 0) is 35.9 Å². The molecule has 0 aliphatic carbocycles. The molecule has 1 aliphatic rings. The second-order valence-corrected chi connectivity index (χ2v) is 7.50. The Kier molecular flexibility index (Phi) is 5.23. The Morgan fingerprint density at radius 1 is 1.13 bits per heavy atom. The molecule has 9 nitrogen and oxygen atoms in total. The van der Waals surface area contributed by atoms with E-state index in [4.69, 9.17) is 9.47 Å². The van der Waals surface area contributed by atoms with Crippen molar-refractivity contribution in [2.24, 2.45) is 4.99 Å². The number of nitro benzene ring substituents is 1. The van der Waals surface area contributed by atoms with Crippen LogP contribution in [-0.2, 0) is 6.67 Å². The standard InChI is InChI=1S/C20H18N4O5S/c1-28-16-8-3-13(9-17(16)29-2)10-18-19(25)23-12-22(11-21-20(23)30-18)14-4-6-15(7-5-14)24(26)27/h3-10H,11-12H2,1-2H3. The lowest BCUT2D eigenvalue weighted by molar-refractivity contribution is -0.384. The van der Waals surface area contributed by atoms with Gasteiger partial charge in [0.15, 0.2) is 16.3 Å². The normalized spacial score (nSPS) is 13.5. The van der Waals surface area contributed by atoms with Crippen molar-refractivity contribution in [3.63, 3.8) is 0 Å². The smallest absolute Gasteiger partial charge is 0.271 e. The highest BCUT2D eigenvalue weighted by Crippen LogP contribution is 2.27. The molecule has 0 unspecified atom stereocenters. The van der Waals surface area contributed by atoms with E-state index >= 15 is 0 Å². The maximum atomic E-state index is 12.9. The fourth-order valence-electron chi connectivity index (χ4n) is 3.15. The highest BCUT2D eigenvalue weighted by molar-refractivity contribution is 7.07. The summed E-state index contributed by atoms with van der Waals surface area (Å²) < 4.78 is 12.7. The predicted molar refractivity (Wildman–Crippen MR) is 113 cm³/mol. The van der Waals surface area contributed by atoms with Gasteiger partial charge in [-0.1, -0.05) is 17.4 Å². The Hall–Kier alpha value is -3.66. The van der Waals surface area contributed by atoms with Crippen molar-refractivity contribution < 1.29 is 14.4 Å². The minimum atomic E-state index is -0.442. The van der Waals surface area contributed by atoms with Crippen molar-refractivity contribution in [3.05, 3.63) is 77.8 Å². The molecule has 0 saturated carbocycles. The monoisotopic (exact) mass is 426 g/mol. The van der Waals surface area contributed by atoms with E-state index in [1.807, 2.05) is 17.0 Å². The van der Waals surface area contributed by atoms with E-state index in [0.717, 1.165) is 11.3 Å². The molecular weight excluding hydrogens is 408 g/mol. The lowest BCUT2D eigenvalue weighted by Crippen LogP contribution is -2.42. The number of non-ortho nitro benzene ring substituents is 1. The summed E-state index contributed by atoms with van der Waals surface area (Å²) >= 11 is 1.32. The first-order valence-electron chi connectivity index (χ1n) is 8.97. The van der Waals surface area contributed by atoms with Gasteiger partial charge in [-0.15, -0.1) is 0 Å². The summed E-state index contributed by atoms with van der Waals surface area (Å²) in [6, 6.07) is 11.7.